The molecule has 0 aromatic rings. The van der Waals surface area contributed by atoms with E-state index < -0.39 is 0 Å². The summed E-state index contributed by atoms with van der Waals surface area (Å²) in [5.74, 6) is 0. The Morgan fingerprint density at radius 2 is 1.25 bits per heavy atom. The Bertz CT molecular complexity index is 8.00. The summed E-state index contributed by atoms with van der Waals surface area (Å²) in [6.07, 6.45) is 0. The molecule has 1 radical (unpaired) electrons. The normalized spacial score (nSPS) is 1.25. The molecular weight excluding hydrogens is 186 g/mol. The maximum atomic E-state index is 7.94. The van der Waals surface area contributed by atoms with Gasteiger partial charge in [0.2, 0.25) is 0 Å². The summed E-state index contributed by atoms with van der Waals surface area (Å²) < 4.78 is 7.94. The van der Waals surface area contributed by atoms with Crippen molar-refractivity contribution in [2.75, 3.05) is 0 Å². The third-order valence-corrected chi connectivity index (χ3v) is 0. The van der Waals surface area contributed by atoms with Crippen LogP contribution in [0.4, 0.5) is 0 Å². The molecule has 0 heterocycles. The van der Waals surface area contributed by atoms with Crippen molar-refractivity contribution in [1.82, 2.24) is 0 Å². The van der Waals surface area contributed by atoms with Crippen LogP contribution in [0, 0.1) is 0 Å². The molecule has 0 N–H and O–H groups in total. The summed E-state index contributed by atoms with van der Waals surface area (Å²) in [4.78, 5) is 0. The minimum Gasteiger partial charge on any atom is 0 e. The van der Waals surface area contributed by atoms with Crippen LogP contribution in [-0.4, -0.2) is 0 Å². The maximum absolute atomic E-state index is 7.94. The van der Waals surface area contributed by atoms with E-state index in [9.17, 15) is 0 Å². The summed E-state index contributed by atoms with van der Waals surface area (Å²) >= 11 is 2.31. The van der Waals surface area contributed by atoms with Crippen LogP contribution in [-0.2, 0) is 58.3 Å². The Morgan fingerprint density at radius 3 is 1.25 bits per heavy atom. The maximum Gasteiger partial charge on any atom is 0 e. The average molecular weight is 186 g/mol. The summed E-state index contributed by atoms with van der Waals surface area (Å²) in [5.41, 5.74) is 0. The molecule has 4 heavy (non-hydrogen) atoms. The van der Waals surface area contributed by atoms with Gasteiger partial charge in [0.1, 0.15) is 0 Å². The zero-order valence-electron chi connectivity index (χ0n) is 1.54. The molecule has 0 aromatic heterocycles. The molecule has 0 aliphatic rings. The van der Waals surface area contributed by atoms with Gasteiger partial charge in [-0.25, -0.2) is 0 Å². The molecule has 4 heteroatoms. The van der Waals surface area contributed by atoms with Crippen molar-refractivity contribution in [2.24, 2.45) is 0 Å². The van der Waals surface area contributed by atoms with Gasteiger partial charge in [-0.3, -0.25) is 0 Å². The molecule has 0 unspecified atom stereocenters. The van der Waals surface area contributed by atoms with Crippen LogP contribution in [0.15, 0.2) is 0 Å². The van der Waals surface area contributed by atoms with Crippen molar-refractivity contribution in [1.29, 1.82) is 0 Å². The molecule has 0 rings (SSSR count). The van der Waals surface area contributed by atoms with Gasteiger partial charge in [-0.15, -0.1) is 0 Å². The molecule has 0 aliphatic carbocycles. The van der Waals surface area contributed by atoms with Crippen molar-refractivity contribution < 1.29 is 58.3 Å². The van der Waals surface area contributed by atoms with E-state index in [0.29, 0.717) is 0 Å². The molecule has 0 bridgehead atoms. The van der Waals surface area contributed by atoms with Crippen LogP contribution >= 0.6 is 0 Å². The fourth-order valence-electron chi connectivity index (χ4n) is 0. The molecule has 0 aromatic carbocycles. The first-order chi connectivity index (χ1) is 1.00. The largest absolute Gasteiger partial charge is 0 e. The van der Waals surface area contributed by atoms with Gasteiger partial charge in [0.25, 0.3) is 0 Å². The quantitative estimate of drug-likeness (QED) is 0.482. The Hall–Kier alpha value is 1.54. The number of hydrogen-bond donors (Lipinski definition) is 0. The van der Waals surface area contributed by atoms with Gasteiger partial charge in [0.15, 0.2) is 0 Å². The molecule has 0 atom stereocenters. The fourth-order valence-corrected chi connectivity index (χ4v) is 0. The minimum atomic E-state index is 0. The first kappa shape index (κ1) is 17.7. The van der Waals surface area contributed by atoms with Crippen LogP contribution < -0.4 is 0 Å². The van der Waals surface area contributed by atoms with Gasteiger partial charge in [0.05, 0.1) is 0 Å². The van der Waals surface area contributed by atoms with Gasteiger partial charge in [-0.2, -0.15) is 0 Å². The molecule has 30 valence electrons. The second-order valence-corrected chi connectivity index (χ2v) is 0. The Morgan fingerprint density at radius 1 is 1.25 bits per heavy atom. The second-order valence-electron chi connectivity index (χ2n) is 0. The van der Waals surface area contributed by atoms with E-state index in [2.05, 4.69) is 15.7 Å². The fraction of sp³-hybridized carbons (Fsp3) is 0. The Balaban J connectivity index is -0.00000000500. The van der Waals surface area contributed by atoms with Crippen LogP contribution in [0.3, 0.4) is 0 Å². The predicted molar refractivity (Wildman–Crippen MR) is 0.686 cm³/mol. The summed E-state index contributed by atoms with van der Waals surface area (Å²) in [7, 11) is 0. The van der Waals surface area contributed by atoms with E-state index in [1.807, 2.05) is 0 Å². The van der Waals surface area contributed by atoms with Gasteiger partial charge in [-0.05, 0) is 0 Å². The van der Waals surface area contributed by atoms with E-state index >= 15 is 0 Å². The molecule has 0 saturated carbocycles. The van der Waals surface area contributed by atoms with Crippen molar-refractivity contribution in [3.8, 4) is 0 Å². The zero-order valence-corrected chi connectivity index (χ0v) is 5.09. The first-order valence-electron chi connectivity index (χ1n) is 0.136. The van der Waals surface area contributed by atoms with Gasteiger partial charge >= 0.3 is 19.5 Å². The predicted octanol–water partition coefficient (Wildman–Crippen LogP) is -0.126. The van der Waals surface area contributed by atoms with E-state index in [-0.39, 0.29) is 38.8 Å². The minimum absolute atomic E-state index is 0. The van der Waals surface area contributed by atoms with E-state index in [4.69, 9.17) is 3.87 Å². The average Bonchev–Trinajstić information content (AvgIpc) is 1.00. The van der Waals surface area contributed by atoms with Gasteiger partial charge in [0, 0.05) is 38.8 Å². The molecule has 0 saturated heterocycles. The summed E-state index contributed by atoms with van der Waals surface area (Å²) in [5, 5.41) is 0. The summed E-state index contributed by atoms with van der Waals surface area (Å²) in [6, 6.07) is 0. The van der Waals surface area contributed by atoms with Gasteiger partial charge in [-0.1, -0.05) is 0 Å². The third-order valence-electron chi connectivity index (χ3n) is 0. The van der Waals surface area contributed by atoms with Crippen LogP contribution in [0.2, 0.25) is 0 Å². The first-order valence-corrected chi connectivity index (χ1v) is 0.561. The molecule has 0 fully saturated rings. The number of rotatable bonds is 0. The van der Waals surface area contributed by atoms with Crippen LogP contribution in [0.1, 0.15) is 0 Å². The molecule has 0 amide bonds. The number of hydrogen-bond acceptors (Lipinski definition) is 1. The van der Waals surface area contributed by atoms with Crippen molar-refractivity contribution in [3.05, 3.63) is 0 Å². The molecule has 0 spiro atoms. The Labute approximate surface area is 58.0 Å². The molecule has 1 nitrogen and oxygen atoms in total. The molecular formula is CoCuOTi. The second kappa shape index (κ2) is 24.0. The Kier molecular flexibility index (Phi) is 106. The van der Waals surface area contributed by atoms with Crippen molar-refractivity contribution in [3.63, 3.8) is 0 Å². The smallest absolute Gasteiger partial charge is 0 e. The van der Waals surface area contributed by atoms with Crippen molar-refractivity contribution in [2.45, 2.75) is 0 Å². The third kappa shape index (κ3) is 9.63. The zero-order chi connectivity index (χ0) is 2.00. The summed E-state index contributed by atoms with van der Waals surface area (Å²) in [6.45, 7) is 0. The SMILES string of the molecule is [Cu].[O]=[Co].[Ti]. The molecule has 0 aliphatic heterocycles. The topological polar surface area (TPSA) is 17.1 Å². The van der Waals surface area contributed by atoms with Crippen molar-refractivity contribution >= 4 is 0 Å². The van der Waals surface area contributed by atoms with Crippen LogP contribution in [0.25, 0.3) is 0 Å². The van der Waals surface area contributed by atoms with Gasteiger partial charge < -0.3 is 0 Å². The van der Waals surface area contributed by atoms with E-state index in [1.54, 1.807) is 0 Å². The van der Waals surface area contributed by atoms with E-state index in [1.165, 1.54) is 0 Å². The standard InChI is InChI=1S/Co.Cu.O.Ti. The van der Waals surface area contributed by atoms with E-state index in [0.717, 1.165) is 0 Å². The monoisotopic (exact) mass is 186 g/mol. The van der Waals surface area contributed by atoms with Crippen LogP contribution in [0.5, 0.6) is 0 Å².